The van der Waals surface area contributed by atoms with Crippen LogP contribution in [0.2, 0.25) is 0 Å². The minimum Gasteiger partial charge on any atom is -0.367 e. The Labute approximate surface area is 165 Å². The van der Waals surface area contributed by atoms with Crippen molar-refractivity contribution in [2.24, 2.45) is 0 Å². The molecule has 28 heavy (non-hydrogen) atoms. The number of benzene rings is 1. The molecular weight excluding hydrogens is 378 g/mol. The van der Waals surface area contributed by atoms with E-state index in [1.807, 2.05) is 18.2 Å². The minimum absolute atomic E-state index is 0.574. The van der Waals surface area contributed by atoms with Crippen LogP contribution in [0.15, 0.2) is 54.7 Å². The molecule has 1 N–H and O–H groups in total. The van der Waals surface area contributed by atoms with Gasteiger partial charge < -0.3 is 5.32 Å². The highest BCUT2D eigenvalue weighted by Gasteiger charge is 2.23. The number of aromatic nitrogens is 3. The summed E-state index contributed by atoms with van der Waals surface area (Å²) in [5, 5.41) is 4.63. The Balaban J connectivity index is 0.000000203. The van der Waals surface area contributed by atoms with Gasteiger partial charge >= 0.3 is 0 Å². The molecule has 3 aromatic heterocycles. The molecule has 3 heterocycles. The van der Waals surface area contributed by atoms with Crippen LogP contribution < -0.4 is 5.32 Å². The van der Waals surface area contributed by atoms with E-state index in [1.165, 1.54) is 29.9 Å². The quantitative estimate of drug-likeness (QED) is 0.490. The first-order chi connectivity index (χ1) is 13.6. The zero-order chi connectivity index (χ0) is 19.5. The first-order valence-electron chi connectivity index (χ1n) is 8.96. The monoisotopic (exact) mass is 396 g/mol. The van der Waals surface area contributed by atoms with Crippen molar-refractivity contribution in [1.29, 1.82) is 0 Å². The largest absolute Gasteiger partial charge is 0.367 e. The van der Waals surface area contributed by atoms with Crippen LogP contribution in [-0.2, 0) is 0 Å². The molecule has 1 aromatic carbocycles. The average molecular weight is 396 g/mol. The SMILES string of the molecule is Cc1cc2c(NC3CC3)nc(-c3ccccn3)nc2s1.Fc1ccccc1F. The zero-order valence-electron chi connectivity index (χ0n) is 15.2. The van der Waals surface area contributed by atoms with Gasteiger partial charge in [-0.25, -0.2) is 18.7 Å². The van der Waals surface area contributed by atoms with Crippen LogP contribution in [0.4, 0.5) is 14.6 Å². The molecule has 5 rings (SSSR count). The van der Waals surface area contributed by atoms with Gasteiger partial charge in [-0.3, -0.25) is 4.98 Å². The minimum atomic E-state index is -0.799. The summed E-state index contributed by atoms with van der Waals surface area (Å²) in [6, 6.07) is 13.6. The Morgan fingerprint density at radius 3 is 2.32 bits per heavy atom. The van der Waals surface area contributed by atoms with Gasteiger partial charge in [-0.2, -0.15) is 0 Å². The smallest absolute Gasteiger partial charge is 0.181 e. The number of halogens is 2. The van der Waals surface area contributed by atoms with Crippen LogP contribution >= 0.6 is 11.3 Å². The second-order valence-corrected chi connectivity index (χ2v) is 7.75. The maximum atomic E-state index is 11.9. The molecule has 0 saturated heterocycles. The molecule has 0 unspecified atom stereocenters. The summed E-state index contributed by atoms with van der Waals surface area (Å²) in [6.45, 7) is 2.10. The Bertz CT molecular complexity index is 1070. The molecule has 142 valence electrons. The topological polar surface area (TPSA) is 50.7 Å². The van der Waals surface area contributed by atoms with Crippen molar-refractivity contribution in [2.45, 2.75) is 25.8 Å². The molecule has 7 heteroatoms. The van der Waals surface area contributed by atoms with Crippen molar-refractivity contribution >= 4 is 27.4 Å². The molecular formula is C21H18F2N4S. The molecule has 4 nitrogen and oxygen atoms in total. The van der Waals surface area contributed by atoms with E-state index in [0.29, 0.717) is 11.9 Å². The van der Waals surface area contributed by atoms with Gasteiger partial charge in [-0.1, -0.05) is 18.2 Å². The van der Waals surface area contributed by atoms with Crippen molar-refractivity contribution in [3.05, 3.63) is 71.2 Å². The molecule has 0 spiro atoms. The fourth-order valence-electron chi connectivity index (χ4n) is 2.62. The van der Waals surface area contributed by atoms with Gasteiger partial charge in [0, 0.05) is 17.1 Å². The number of pyridine rings is 1. The summed E-state index contributed by atoms with van der Waals surface area (Å²) >= 11 is 1.70. The number of fused-ring (bicyclic) bond motifs is 1. The number of hydrogen-bond acceptors (Lipinski definition) is 5. The van der Waals surface area contributed by atoms with Gasteiger partial charge in [-0.05, 0) is 50.1 Å². The number of nitrogens with zero attached hydrogens (tertiary/aromatic N) is 3. The lowest BCUT2D eigenvalue weighted by atomic mass is 10.3. The van der Waals surface area contributed by atoms with Gasteiger partial charge in [0.05, 0.1) is 5.39 Å². The van der Waals surface area contributed by atoms with Crippen LogP contribution in [0, 0.1) is 18.6 Å². The van der Waals surface area contributed by atoms with Gasteiger partial charge in [0.25, 0.3) is 0 Å². The lowest BCUT2D eigenvalue weighted by Gasteiger charge is -2.07. The second-order valence-electron chi connectivity index (χ2n) is 6.52. The van der Waals surface area contributed by atoms with Crippen molar-refractivity contribution in [2.75, 3.05) is 5.32 Å². The molecule has 0 atom stereocenters. The Morgan fingerprint density at radius 1 is 1.00 bits per heavy atom. The van der Waals surface area contributed by atoms with Gasteiger partial charge in [-0.15, -0.1) is 11.3 Å². The molecule has 1 aliphatic carbocycles. The number of anilines is 1. The normalized spacial score (nSPS) is 13.1. The predicted molar refractivity (Wildman–Crippen MR) is 108 cm³/mol. The van der Waals surface area contributed by atoms with Crippen molar-refractivity contribution in [3.8, 4) is 11.5 Å². The van der Waals surface area contributed by atoms with Gasteiger partial charge in [0.15, 0.2) is 17.5 Å². The summed E-state index contributed by atoms with van der Waals surface area (Å²) in [5.74, 6) is 0.0469. The van der Waals surface area contributed by atoms with E-state index in [-0.39, 0.29) is 0 Å². The van der Waals surface area contributed by atoms with Crippen LogP contribution in [-0.4, -0.2) is 21.0 Å². The van der Waals surface area contributed by atoms with Crippen molar-refractivity contribution in [3.63, 3.8) is 0 Å². The van der Waals surface area contributed by atoms with Crippen molar-refractivity contribution < 1.29 is 8.78 Å². The maximum absolute atomic E-state index is 11.9. The van der Waals surface area contributed by atoms with Crippen LogP contribution in [0.3, 0.4) is 0 Å². The van der Waals surface area contributed by atoms with Gasteiger partial charge in [0.2, 0.25) is 0 Å². The first-order valence-corrected chi connectivity index (χ1v) is 9.78. The molecule has 4 aromatic rings. The van der Waals surface area contributed by atoms with E-state index in [9.17, 15) is 8.78 Å². The zero-order valence-corrected chi connectivity index (χ0v) is 16.0. The molecule has 1 saturated carbocycles. The molecule has 1 aliphatic rings. The summed E-state index contributed by atoms with van der Waals surface area (Å²) in [7, 11) is 0. The third-order valence-corrected chi connectivity index (χ3v) is 5.10. The number of hydrogen-bond donors (Lipinski definition) is 1. The average Bonchev–Trinajstić information content (AvgIpc) is 3.43. The standard InChI is InChI=1S/C15H14N4S.C6H4F2/c1-9-8-11-13(17-10-5-6-10)18-14(19-15(11)20-9)12-4-2-3-7-16-12;7-5-3-1-2-4-6(5)8/h2-4,7-8,10H,5-6H2,1H3,(H,17,18,19);1-4H. The summed E-state index contributed by atoms with van der Waals surface area (Å²) in [5.41, 5.74) is 0.819. The Kier molecular flexibility index (Phi) is 5.25. The summed E-state index contributed by atoms with van der Waals surface area (Å²) in [4.78, 5) is 16.0. The summed E-state index contributed by atoms with van der Waals surface area (Å²) in [6.07, 6.45) is 4.23. The molecule has 1 fully saturated rings. The second kappa shape index (κ2) is 7.98. The third-order valence-electron chi connectivity index (χ3n) is 4.15. The van der Waals surface area contributed by atoms with E-state index < -0.39 is 11.6 Å². The third kappa shape index (κ3) is 4.31. The van der Waals surface area contributed by atoms with Crippen LogP contribution in [0.1, 0.15) is 17.7 Å². The van der Waals surface area contributed by atoms with E-state index in [0.717, 1.165) is 33.9 Å². The Morgan fingerprint density at radius 2 is 1.71 bits per heavy atom. The lowest BCUT2D eigenvalue weighted by Crippen LogP contribution is -2.05. The summed E-state index contributed by atoms with van der Waals surface area (Å²) < 4.78 is 23.9. The highest BCUT2D eigenvalue weighted by molar-refractivity contribution is 7.18. The van der Waals surface area contributed by atoms with Crippen LogP contribution in [0.5, 0.6) is 0 Å². The molecule has 0 bridgehead atoms. The van der Waals surface area contributed by atoms with Gasteiger partial charge in [0.1, 0.15) is 16.3 Å². The van der Waals surface area contributed by atoms with Crippen molar-refractivity contribution in [1.82, 2.24) is 15.0 Å². The fraction of sp³-hybridized carbons (Fsp3) is 0.190. The van der Waals surface area contributed by atoms with Crippen LogP contribution in [0.25, 0.3) is 21.7 Å². The fourth-order valence-corrected chi connectivity index (χ4v) is 3.50. The lowest BCUT2D eigenvalue weighted by molar-refractivity contribution is 0.508. The van der Waals surface area contributed by atoms with E-state index in [1.54, 1.807) is 17.5 Å². The molecule has 0 radical (unpaired) electrons. The predicted octanol–water partition coefficient (Wildman–Crippen LogP) is 5.60. The maximum Gasteiger partial charge on any atom is 0.181 e. The number of aryl methyl sites for hydroxylation is 1. The highest BCUT2D eigenvalue weighted by atomic mass is 32.1. The highest BCUT2D eigenvalue weighted by Crippen LogP contribution is 2.33. The number of nitrogens with one attached hydrogen (secondary N) is 1. The number of thiophene rings is 1. The molecule has 0 amide bonds. The molecule has 0 aliphatic heterocycles. The first kappa shape index (κ1) is 18.4. The number of rotatable bonds is 3. The Hall–Kier alpha value is -2.93. The van der Waals surface area contributed by atoms with E-state index >= 15 is 0 Å². The van der Waals surface area contributed by atoms with E-state index in [2.05, 4.69) is 33.3 Å². The van der Waals surface area contributed by atoms with E-state index in [4.69, 9.17) is 0 Å².